The number of hydrogen-bond donors (Lipinski definition) is 1. The van der Waals surface area contributed by atoms with E-state index in [1.807, 2.05) is 0 Å². The molecule has 0 radical (unpaired) electrons. The van der Waals surface area contributed by atoms with E-state index in [2.05, 4.69) is 11.4 Å². The molecule has 1 fully saturated rings. The molecule has 4 nitrogen and oxygen atoms in total. The van der Waals surface area contributed by atoms with Crippen molar-refractivity contribution in [1.29, 1.82) is 0 Å². The Balaban J connectivity index is 1.77. The van der Waals surface area contributed by atoms with Gasteiger partial charge in [0, 0.05) is 19.5 Å². The van der Waals surface area contributed by atoms with Gasteiger partial charge in [-0.15, -0.1) is 0 Å². The Kier molecular flexibility index (Phi) is 7.63. The fraction of sp³-hybridized carbons (Fsp3) is 0.789. The first-order valence-corrected chi connectivity index (χ1v) is 9.38. The van der Waals surface area contributed by atoms with Crippen molar-refractivity contribution in [1.82, 2.24) is 10.2 Å². The number of carbonyl (C=O) groups excluding carboxylic acids is 2. The molecule has 0 spiro atoms. The van der Waals surface area contributed by atoms with Crippen molar-refractivity contribution >= 4 is 11.8 Å². The highest BCUT2D eigenvalue weighted by atomic mass is 16.2. The van der Waals surface area contributed by atoms with Crippen LogP contribution in [0.1, 0.15) is 77.6 Å². The van der Waals surface area contributed by atoms with Crippen molar-refractivity contribution in [3.63, 3.8) is 0 Å². The molecule has 23 heavy (non-hydrogen) atoms. The first-order chi connectivity index (χ1) is 11.1. The Morgan fingerprint density at radius 3 is 2.48 bits per heavy atom. The van der Waals surface area contributed by atoms with Crippen LogP contribution in [-0.4, -0.2) is 35.8 Å². The van der Waals surface area contributed by atoms with Gasteiger partial charge in [-0.1, -0.05) is 37.3 Å². The molecule has 2 rings (SSSR count). The van der Waals surface area contributed by atoms with E-state index in [9.17, 15) is 9.59 Å². The van der Waals surface area contributed by atoms with E-state index in [0.29, 0.717) is 12.6 Å². The maximum absolute atomic E-state index is 12.3. The van der Waals surface area contributed by atoms with Gasteiger partial charge in [-0.2, -0.15) is 0 Å². The number of nitrogens with one attached hydrogen (secondary N) is 1. The van der Waals surface area contributed by atoms with Crippen molar-refractivity contribution in [3.8, 4) is 0 Å². The largest absolute Gasteiger partial charge is 0.352 e. The first-order valence-electron chi connectivity index (χ1n) is 9.38. The van der Waals surface area contributed by atoms with E-state index >= 15 is 0 Å². The lowest BCUT2D eigenvalue weighted by atomic mass is 9.97. The summed E-state index contributed by atoms with van der Waals surface area (Å²) in [5.41, 5.74) is 1.45. The monoisotopic (exact) mass is 320 g/mol. The molecule has 0 heterocycles. The lowest BCUT2D eigenvalue weighted by Crippen LogP contribution is -2.43. The quantitative estimate of drug-likeness (QED) is 0.601. The maximum Gasteiger partial charge on any atom is 0.239 e. The summed E-state index contributed by atoms with van der Waals surface area (Å²) in [4.78, 5) is 25.8. The highest BCUT2D eigenvalue weighted by molar-refractivity contribution is 5.83. The molecule has 2 aliphatic carbocycles. The fourth-order valence-corrected chi connectivity index (χ4v) is 3.63. The Hall–Kier alpha value is -1.32. The van der Waals surface area contributed by atoms with Gasteiger partial charge in [0.15, 0.2) is 0 Å². The zero-order valence-corrected chi connectivity index (χ0v) is 14.6. The standard InChI is InChI=1S/C19H32N2O2/c1-16(22)21(14-13-17-9-5-4-6-10-17)15-19(23)20-18-11-7-2-3-8-12-18/h9,18H,2-8,10-15H2,1H3,(H,20,23). The van der Waals surface area contributed by atoms with E-state index in [0.717, 1.165) is 32.1 Å². The van der Waals surface area contributed by atoms with Crippen LogP contribution < -0.4 is 5.32 Å². The molecule has 0 atom stereocenters. The van der Waals surface area contributed by atoms with Crippen LogP contribution >= 0.6 is 0 Å². The third kappa shape index (κ3) is 6.76. The van der Waals surface area contributed by atoms with Gasteiger partial charge in [-0.25, -0.2) is 0 Å². The molecular formula is C19H32N2O2. The summed E-state index contributed by atoms with van der Waals surface area (Å²) >= 11 is 0. The van der Waals surface area contributed by atoms with Crippen molar-refractivity contribution in [2.75, 3.05) is 13.1 Å². The predicted molar refractivity (Wildman–Crippen MR) is 93.1 cm³/mol. The van der Waals surface area contributed by atoms with Crippen LogP contribution in [-0.2, 0) is 9.59 Å². The molecule has 0 aromatic rings. The topological polar surface area (TPSA) is 49.4 Å². The highest BCUT2D eigenvalue weighted by Gasteiger charge is 2.18. The van der Waals surface area contributed by atoms with Crippen molar-refractivity contribution < 1.29 is 9.59 Å². The molecule has 2 amide bonds. The lowest BCUT2D eigenvalue weighted by Gasteiger charge is -2.24. The molecule has 0 aromatic heterocycles. The summed E-state index contributed by atoms with van der Waals surface area (Å²) in [6.07, 6.45) is 15.2. The van der Waals surface area contributed by atoms with Crippen molar-refractivity contribution in [3.05, 3.63) is 11.6 Å². The maximum atomic E-state index is 12.3. The van der Waals surface area contributed by atoms with Crippen LogP contribution in [0.25, 0.3) is 0 Å². The van der Waals surface area contributed by atoms with Crippen LogP contribution in [0.15, 0.2) is 11.6 Å². The SMILES string of the molecule is CC(=O)N(CCC1=CCCCC1)CC(=O)NC1CCCCCC1. The van der Waals surface area contributed by atoms with E-state index in [-0.39, 0.29) is 18.4 Å². The molecule has 4 heteroatoms. The van der Waals surface area contributed by atoms with Gasteiger partial charge < -0.3 is 10.2 Å². The molecule has 0 saturated heterocycles. The molecule has 0 bridgehead atoms. The van der Waals surface area contributed by atoms with Gasteiger partial charge in [0.2, 0.25) is 11.8 Å². The number of amides is 2. The second kappa shape index (κ2) is 9.74. The smallest absolute Gasteiger partial charge is 0.239 e. The zero-order chi connectivity index (χ0) is 16.5. The number of hydrogen-bond acceptors (Lipinski definition) is 2. The highest BCUT2D eigenvalue weighted by Crippen LogP contribution is 2.20. The minimum absolute atomic E-state index is 0.00238. The Morgan fingerprint density at radius 1 is 1.13 bits per heavy atom. The van der Waals surface area contributed by atoms with E-state index < -0.39 is 0 Å². The number of carbonyl (C=O) groups is 2. The van der Waals surface area contributed by atoms with E-state index in [1.165, 1.54) is 44.1 Å². The van der Waals surface area contributed by atoms with Crippen molar-refractivity contribution in [2.24, 2.45) is 0 Å². The average Bonchev–Trinajstić information content (AvgIpc) is 2.80. The first kappa shape index (κ1) is 18.0. The predicted octanol–water partition coefficient (Wildman–Crippen LogP) is 3.56. The van der Waals surface area contributed by atoms with Gasteiger partial charge in [0.25, 0.3) is 0 Å². The minimum Gasteiger partial charge on any atom is -0.352 e. The zero-order valence-electron chi connectivity index (χ0n) is 14.6. The number of allylic oxidation sites excluding steroid dienone is 1. The Bertz CT molecular complexity index is 423. The average molecular weight is 320 g/mol. The summed E-state index contributed by atoms with van der Waals surface area (Å²) in [6, 6.07) is 0.305. The molecule has 0 unspecified atom stereocenters. The van der Waals surface area contributed by atoms with E-state index in [4.69, 9.17) is 0 Å². The molecule has 0 aromatic carbocycles. The fourth-order valence-electron chi connectivity index (χ4n) is 3.63. The van der Waals surface area contributed by atoms with Crippen LogP contribution in [0, 0.1) is 0 Å². The Labute approximate surface area is 140 Å². The second-order valence-electron chi connectivity index (χ2n) is 7.05. The molecule has 0 aliphatic heterocycles. The van der Waals surface area contributed by atoms with Crippen molar-refractivity contribution in [2.45, 2.75) is 83.6 Å². The summed E-state index contributed by atoms with van der Waals surface area (Å²) in [5, 5.41) is 3.13. The summed E-state index contributed by atoms with van der Waals surface area (Å²) in [7, 11) is 0. The molecule has 1 N–H and O–H groups in total. The number of nitrogens with zero attached hydrogens (tertiary/aromatic N) is 1. The summed E-state index contributed by atoms with van der Waals surface area (Å²) < 4.78 is 0. The van der Waals surface area contributed by atoms with Gasteiger partial charge in [-0.05, 0) is 44.9 Å². The second-order valence-corrected chi connectivity index (χ2v) is 7.05. The van der Waals surface area contributed by atoms with Gasteiger partial charge in [-0.3, -0.25) is 9.59 Å². The van der Waals surface area contributed by atoms with Gasteiger partial charge in [0.05, 0.1) is 6.54 Å². The minimum atomic E-state index is -0.00238. The number of rotatable bonds is 6. The summed E-state index contributed by atoms with van der Waals surface area (Å²) in [5.74, 6) is 0.00199. The molecule has 130 valence electrons. The van der Waals surface area contributed by atoms with Crippen LogP contribution in [0.4, 0.5) is 0 Å². The lowest BCUT2D eigenvalue weighted by molar-refractivity contribution is -0.134. The molecular weight excluding hydrogens is 288 g/mol. The van der Waals surface area contributed by atoms with Crippen LogP contribution in [0.3, 0.4) is 0 Å². The van der Waals surface area contributed by atoms with Crippen LogP contribution in [0.2, 0.25) is 0 Å². The Morgan fingerprint density at radius 2 is 1.87 bits per heavy atom. The van der Waals surface area contributed by atoms with Crippen LogP contribution in [0.5, 0.6) is 0 Å². The van der Waals surface area contributed by atoms with Gasteiger partial charge in [0.1, 0.15) is 0 Å². The summed E-state index contributed by atoms with van der Waals surface area (Å²) in [6.45, 7) is 2.44. The third-order valence-corrected chi connectivity index (χ3v) is 5.09. The molecule has 1 saturated carbocycles. The van der Waals surface area contributed by atoms with E-state index in [1.54, 1.807) is 11.8 Å². The third-order valence-electron chi connectivity index (χ3n) is 5.09. The normalized spacial score (nSPS) is 19.6. The van der Waals surface area contributed by atoms with Gasteiger partial charge >= 0.3 is 0 Å². The molecule has 2 aliphatic rings.